The Balaban J connectivity index is 1.65. The summed E-state index contributed by atoms with van der Waals surface area (Å²) in [7, 11) is 0. The molecule has 3 atom stereocenters. The Morgan fingerprint density at radius 3 is 2.48 bits per heavy atom. The molecule has 0 aromatic carbocycles. The third kappa shape index (κ3) is 4.99. The number of likely N-dealkylation sites (tertiary alicyclic amines) is 1. The molecule has 1 saturated carbocycles. The first-order valence-electron chi connectivity index (χ1n) is 8.29. The minimum absolute atomic E-state index is 0.0456. The largest absolute Gasteiger partial charge is 0.481 e. The molecule has 0 spiro atoms. The van der Waals surface area contributed by atoms with Gasteiger partial charge in [-0.2, -0.15) is 0 Å². The normalized spacial score (nSPS) is 28.2. The van der Waals surface area contributed by atoms with Gasteiger partial charge in [0.15, 0.2) is 0 Å². The highest BCUT2D eigenvalue weighted by Crippen LogP contribution is 2.31. The van der Waals surface area contributed by atoms with E-state index in [0.717, 1.165) is 6.54 Å². The molecule has 1 aliphatic carbocycles. The molecular weight excluding hydrogens is 268 g/mol. The fourth-order valence-corrected chi connectivity index (χ4v) is 3.51. The average molecular weight is 296 g/mol. The SMILES string of the molecule is CC(CNC(=O)[C@@H]1CC[C@H](C(=O)O)C1)CN1CCCCC1. The Hall–Kier alpha value is -1.10. The van der Waals surface area contributed by atoms with Gasteiger partial charge < -0.3 is 15.3 Å². The van der Waals surface area contributed by atoms with Gasteiger partial charge in [-0.15, -0.1) is 0 Å². The molecule has 2 rings (SSSR count). The number of piperidine rings is 1. The highest BCUT2D eigenvalue weighted by atomic mass is 16.4. The van der Waals surface area contributed by atoms with Crippen LogP contribution in [-0.4, -0.2) is 48.1 Å². The monoisotopic (exact) mass is 296 g/mol. The molecule has 0 bridgehead atoms. The van der Waals surface area contributed by atoms with Crippen molar-refractivity contribution in [1.29, 1.82) is 0 Å². The van der Waals surface area contributed by atoms with Gasteiger partial charge in [-0.05, 0) is 51.1 Å². The van der Waals surface area contributed by atoms with Crippen LogP contribution in [0.5, 0.6) is 0 Å². The Morgan fingerprint density at radius 2 is 1.86 bits per heavy atom. The van der Waals surface area contributed by atoms with Gasteiger partial charge in [0.25, 0.3) is 0 Å². The summed E-state index contributed by atoms with van der Waals surface area (Å²) in [5.74, 6) is -0.698. The van der Waals surface area contributed by atoms with E-state index in [0.29, 0.717) is 31.7 Å². The molecule has 1 aliphatic heterocycles. The Morgan fingerprint density at radius 1 is 1.19 bits per heavy atom. The minimum atomic E-state index is -0.760. The van der Waals surface area contributed by atoms with E-state index in [1.165, 1.54) is 32.4 Å². The van der Waals surface area contributed by atoms with E-state index in [9.17, 15) is 9.59 Å². The summed E-state index contributed by atoms with van der Waals surface area (Å²) in [6.07, 6.45) is 5.77. The fourth-order valence-electron chi connectivity index (χ4n) is 3.51. The van der Waals surface area contributed by atoms with Crippen molar-refractivity contribution in [3.8, 4) is 0 Å². The van der Waals surface area contributed by atoms with Crippen molar-refractivity contribution in [2.45, 2.75) is 45.4 Å². The van der Waals surface area contributed by atoms with Crippen molar-refractivity contribution in [2.75, 3.05) is 26.2 Å². The number of hydrogen-bond acceptors (Lipinski definition) is 3. The van der Waals surface area contributed by atoms with Crippen LogP contribution >= 0.6 is 0 Å². The predicted octanol–water partition coefficient (Wildman–Crippen LogP) is 1.73. The molecular formula is C16H28N2O3. The Bertz CT molecular complexity index is 367. The lowest BCUT2D eigenvalue weighted by Gasteiger charge is -2.29. The number of carboxylic acid groups (broad SMARTS) is 1. The van der Waals surface area contributed by atoms with E-state index < -0.39 is 5.97 Å². The second kappa shape index (κ2) is 7.78. The van der Waals surface area contributed by atoms with Gasteiger partial charge in [0, 0.05) is 19.0 Å². The van der Waals surface area contributed by atoms with E-state index in [1.807, 2.05) is 0 Å². The van der Waals surface area contributed by atoms with Crippen LogP contribution in [0, 0.1) is 17.8 Å². The molecule has 1 unspecified atom stereocenters. The maximum Gasteiger partial charge on any atom is 0.306 e. The van der Waals surface area contributed by atoms with Crippen LogP contribution in [0.25, 0.3) is 0 Å². The molecule has 1 saturated heterocycles. The molecule has 2 aliphatic rings. The van der Waals surface area contributed by atoms with Gasteiger partial charge in [0.1, 0.15) is 0 Å². The topological polar surface area (TPSA) is 69.6 Å². The van der Waals surface area contributed by atoms with E-state index >= 15 is 0 Å². The second-order valence-corrected chi connectivity index (χ2v) is 6.76. The van der Waals surface area contributed by atoms with Crippen molar-refractivity contribution in [2.24, 2.45) is 17.8 Å². The summed E-state index contributed by atoms with van der Waals surface area (Å²) >= 11 is 0. The molecule has 0 aromatic rings. The second-order valence-electron chi connectivity index (χ2n) is 6.76. The van der Waals surface area contributed by atoms with Crippen LogP contribution in [0.4, 0.5) is 0 Å². The van der Waals surface area contributed by atoms with E-state index in [2.05, 4.69) is 17.1 Å². The zero-order valence-corrected chi connectivity index (χ0v) is 13.0. The Labute approximate surface area is 127 Å². The number of carboxylic acids is 1. The lowest BCUT2D eigenvalue weighted by molar-refractivity contribution is -0.141. The van der Waals surface area contributed by atoms with Crippen LogP contribution in [0.3, 0.4) is 0 Å². The van der Waals surface area contributed by atoms with Gasteiger partial charge in [0.2, 0.25) is 5.91 Å². The molecule has 21 heavy (non-hydrogen) atoms. The van der Waals surface area contributed by atoms with E-state index in [4.69, 9.17) is 5.11 Å². The van der Waals surface area contributed by atoms with Gasteiger partial charge >= 0.3 is 5.97 Å². The van der Waals surface area contributed by atoms with Crippen LogP contribution in [0.2, 0.25) is 0 Å². The number of nitrogens with zero attached hydrogens (tertiary/aromatic N) is 1. The molecule has 0 radical (unpaired) electrons. The molecule has 1 heterocycles. The highest BCUT2D eigenvalue weighted by molar-refractivity contribution is 5.80. The lowest BCUT2D eigenvalue weighted by Crippen LogP contribution is -2.39. The number of hydrogen-bond donors (Lipinski definition) is 2. The van der Waals surface area contributed by atoms with E-state index in [-0.39, 0.29) is 17.7 Å². The summed E-state index contributed by atoms with van der Waals surface area (Å²) in [4.78, 5) is 25.5. The minimum Gasteiger partial charge on any atom is -0.481 e. The standard InChI is InChI=1S/C16H28N2O3/c1-12(11-18-7-3-2-4-8-18)10-17-15(19)13-5-6-14(9-13)16(20)21/h12-14H,2-11H2,1H3,(H,17,19)(H,20,21)/t12?,13-,14+/m1/s1. The number of nitrogens with one attached hydrogen (secondary N) is 1. The molecule has 5 nitrogen and oxygen atoms in total. The van der Waals surface area contributed by atoms with E-state index in [1.54, 1.807) is 0 Å². The van der Waals surface area contributed by atoms with Crippen LogP contribution in [0.15, 0.2) is 0 Å². The maximum absolute atomic E-state index is 12.1. The quantitative estimate of drug-likeness (QED) is 0.783. The maximum atomic E-state index is 12.1. The lowest BCUT2D eigenvalue weighted by atomic mass is 10.0. The first kappa shape index (κ1) is 16.3. The smallest absolute Gasteiger partial charge is 0.306 e. The summed E-state index contributed by atoms with van der Waals surface area (Å²) in [5.41, 5.74) is 0. The number of aliphatic carboxylic acids is 1. The van der Waals surface area contributed by atoms with Gasteiger partial charge in [-0.3, -0.25) is 9.59 Å². The van der Waals surface area contributed by atoms with Crippen molar-refractivity contribution in [3.63, 3.8) is 0 Å². The number of amides is 1. The van der Waals surface area contributed by atoms with Crippen molar-refractivity contribution in [3.05, 3.63) is 0 Å². The summed E-state index contributed by atoms with van der Waals surface area (Å²) in [5, 5.41) is 12.0. The van der Waals surface area contributed by atoms with Crippen molar-refractivity contribution < 1.29 is 14.7 Å². The van der Waals surface area contributed by atoms with Crippen LogP contribution in [0.1, 0.15) is 45.4 Å². The number of carbonyl (C=O) groups excluding carboxylic acids is 1. The molecule has 2 N–H and O–H groups in total. The molecule has 0 aromatic heterocycles. The first-order valence-corrected chi connectivity index (χ1v) is 8.29. The molecule has 1 amide bonds. The molecule has 2 fully saturated rings. The zero-order chi connectivity index (χ0) is 15.2. The molecule has 120 valence electrons. The summed E-state index contributed by atoms with van der Waals surface area (Å²) < 4.78 is 0. The van der Waals surface area contributed by atoms with Gasteiger partial charge in [0.05, 0.1) is 5.92 Å². The van der Waals surface area contributed by atoms with Crippen LogP contribution in [-0.2, 0) is 9.59 Å². The van der Waals surface area contributed by atoms with Crippen molar-refractivity contribution in [1.82, 2.24) is 10.2 Å². The highest BCUT2D eigenvalue weighted by Gasteiger charge is 2.33. The Kier molecular flexibility index (Phi) is 6.03. The van der Waals surface area contributed by atoms with Crippen molar-refractivity contribution >= 4 is 11.9 Å². The average Bonchev–Trinajstić information content (AvgIpc) is 2.96. The summed E-state index contributed by atoms with van der Waals surface area (Å²) in [6.45, 7) is 6.28. The zero-order valence-electron chi connectivity index (χ0n) is 13.0. The predicted molar refractivity (Wildman–Crippen MR) is 80.9 cm³/mol. The molecule has 5 heteroatoms. The number of carbonyl (C=O) groups is 2. The van der Waals surface area contributed by atoms with Crippen LogP contribution < -0.4 is 5.32 Å². The van der Waals surface area contributed by atoms with Gasteiger partial charge in [-0.25, -0.2) is 0 Å². The summed E-state index contributed by atoms with van der Waals surface area (Å²) in [6, 6.07) is 0. The van der Waals surface area contributed by atoms with Gasteiger partial charge in [-0.1, -0.05) is 13.3 Å². The fraction of sp³-hybridized carbons (Fsp3) is 0.875. The third-order valence-electron chi connectivity index (χ3n) is 4.80. The third-order valence-corrected chi connectivity index (χ3v) is 4.80. The number of rotatable bonds is 6. The first-order chi connectivity index (χ1) is 10.1.